The molecule has 1 amide bonds. The number of likely N-dealkylation sites (N-methyl/N-ethyl adjacent to an activating group) is 1. The maximum Gasteiger partial charge on any atom is 0.236 e. The van der Waals surface area contributed by atoms with Crippen LogP contribution in [0.4, 0.5) is 0 Å². The van der Waals surface area contributed by atoms with Gasteiger partial charge in [0, 0.05) is 19.6 Å². The van der Waals surface area contributed by atoms with Gasteiger partial charge in [0.15, 0.2) is 0 Å². The summed E-state index contributed by atoms with van der Waals surface area (Å²) in [7, 11) is 1.88. The molecular formula is C17H28ClN3O. The topological polar surface area (TPSA) is 49.6 Å². The van der Waals surface area contributed by atoms with Gasteiger partial charge in [0.2, 0.25) is 5.91 Å². The molecule has 1 atom stereocenters. The van der Waals surface area contributed by atoms with E-state index in [-0.39, 0.29) is 24.4 Å². The molecule has 1 fully saturated rings. The lowest BCUT2D eigenvalue weighted by molar-refractivity contribution is -0.132. The number of halogens is 1. The lowest BCUT2D eigenvalue weighted by atomic mass is 9.91. The molecule has 1 aliphatic heterocycles. The molecule has 4 nitrogen and oxygen atoms in total. The summed E-state index contributed by atoms with van der Waals surface area (Å²) in [5.74, 6) is 0.802. The van der Waals surface area contributed by atoms with Gasteiger partial charge in [-0.15, -0.1) is 12.4 Å². The third kappa shape index (κ3) is 5.59. The predicted octanol–water partition coefficient (Wildman–Crippen LogP) is 2.13. The van der Waals surface area contributed by atoms with E-state index in [1.165, 1.54) is 5.56 Å². The first-order chi connectivity index (χ1) is 10.1. The molecule has 0 radical (unpaired) electrons. The normalized spacial score (nSPS) is 17.6. The zero-order valence-corrected chi connectivity index (χ0v) is 14.4. The SMILES string of the molecule is CC(N)C1CCN(CC(=O)N(C)Cc2ccccc2)CC1.Cl. The first-order valence-corrected chi connectivity index (χ1v) is 7.82. The maximum absolute atomic E-state index is 12.3. The highest BCUT2D eigenvalue weighted by atomic mass is 35.5. The van der Waals surface area contributed by atoms with Crippen molar-refractivity contribution in [3.8, 4) is 0 Å². The number of hydrogen-bond donors (Lipinski definition) is 1. The molecule has 22 heavy (non-hydrogen) atoms. The van der Waals surface area contributed by atoms with Crippen LogP contribution in [0.25, 0.3) is 0 Å². The fourth-order valence-corrected chi connectivity index (χ4v) is 2.89. The Morgan fingerprint density at radius 3 is 2.45 bits per heavy atom. The molecule has 124 valence electrons. The van der Waals surface area contributed by atoms with E-state index in [4.69, 9.17) is 5.73 Å². The number of piperidine rings is 1. The fourth-order valence-electron chi connectivity index (χ4n) is 2.89. The second-order valence-electron chi connectivity index (χ2n) is 6.21. The van der Waals surface area contributed by atoms with Crippen LogP contribution in [0.3, 0.4) is 0 Å². The van der Waals surface area contributed by atoms with E-state index < -0.39 is 0 Å². The lowest BCUT2D eigenvalue weighted by Crippen LogP contribution is -2.44. The number of benzene rings is 1. The number of amides is 1. The second-order valence-corrected chi connectivity index (χ2v) is 6.21. The number of likely N-dealkylation sites (tertiary alicyclic amines) is 1. The standard InChI is InChI=1S/C17H27N3O.ClH/c1-14(18)16-8-10-20(11-9-16)13-17(21)19(2)12-15-6-4-3-5-7-15;/h3-7,14,16H,8-13,18H2,1-2H3;1H. The molecule has 2 N–H and O–H groups in total. The van der Waals surface area contributed by atoms with Crippen LogP contribution >= 0.6 is 12.4 Å². The summed E-state index contributed by atoms with van der Waals surface area (Å²) in [6.07, 6.45) is 2.21. The average Bonchev–Trinajstić information content (AvgIpc) is 2.48. The molecule has 1 unspecified atom stereocenters. The van der Waals surface area contributed by atoms with Crippen molar-refractivity contribution >= 4 is 18.3 Å². The van der Waals surface area contributed by atoms with Crippen molar-refractivity contribution in [2.24, 2.45) is 11.7 Å². The molecule has 0 bridgehead atoms. The van der Waals surface area contributed by atoms with Crippen LogP contribution in [0.2, 0.25) is 0 Å². The first-order valence-electron chi connectivity index (χ1n) is 7.82. The summed E-state index contributed by atoms with van der Waals surface area (Å²) >= 11 is 0. The van der Waals surface area contributed by atoms with E-state index in [2.05, 4.69) is 24.0 Å². The Morgan fingerprint density at radius 1 is 1.32 bits per heavy atom. The summed E-state index contributed by atoms with van der Waals surface area (Å²) in [4.78, 5) is 16.4. The van der Waals surface area contributed by atoms with Crippen molar-refractivity contribution in [2.45, 2.75) is 32.4 Å². The van der Waals surface area contributed by atoms with Crippen molar-refractivity contribution < 1.29 is 4.79 Å². The summed E-state index contributed by atoms with van der Waals surface area (Å²) < 4.78 is 0. The van der Waals surface area contributed by atoms with Gasteiger partial charge < -0.3 is 10.6 Å². The minimum Gasteiger partial charge on any atom is -0.340 e. The minimum absolute atomic E-state index is 0. The minimum atomic E-state index is 0. The van der Waals surface area contributed by atoms with E-state index >= 15 is 0 Å². The zero-order chi connectivity index (χ0) is 15.2. The Labute approximate surface area is 140 Å². The van der Waals surface area contributed by atoms with Crippen LogP contribution in [0.1, 0.15) is 25.3 Å². The average molecular weight is 326 g/mol. The van der Waals surface area contributed by atoms with Gasteiger partial charge in [-0.05, 0) is 44.3 Å². The van der Waals surface area contributed by atoms with Crippen LogP contribution in [0.5, 0.6) is 0 Å². The molecule has 0 aliphatic carbocycles. The Morgan fingerprint density at radius 2 is 1.91 bits per heavy atom. The summed E-state index contributed by atoms with van der Waals surface area (Å²) in [6, 6.07) is 10.4. The molecule has 1 aromatic rings. The third-order valence-corrected chi connectivity index (χ3v) is 4.42. The third-order valence-electron chi connectivity index (χ3n) is 4.42. The van der Waals surface area contributed by atoms with E-state index in [0.29, 0.717) is 19.0 Å². The summed E-state index contributed by atoms with van der Waals surface area (Å²) in [5.41, 5.74) is 7.12. The van der Waals surface area contributed by atoms with E-state index in [1.54, 1.807) is 0 Å². The molecule has 1 heterocycles. The molecule has 5 heteroatoms. The van der Waals surface area contributed by atoms with Gasteiger partial charge in [-0.2, -0.15) is 0 Å². The molecule has 0 aromatic heterocycles. The van der Waals surface area contributed by atoms with Crippen LogP contribution in [0.15, 0.2) is 30.3 Å². The van der Waals surface area contributed by atoms with E-state index in [0.717, 1.165) is 25.9 Å². The highest BCUT2D eigenvalue weighted by Crippen LogP contribution is 2.19. The number of rotatable bonds is 5. The Balaban J connectivity index is 0.00000242. The first kappa shape index (κ1) is 18.9. The predicted molar refractivity (Wildman–Crippen MR) is 93.0 cm³/mol. The van der Waals surface area contributed by atoms with Crippen molar-refractivity contribution in [3.05, 3.63) is 35.9 Å². The van der Waals surface area contributed by atoms with Crippen molar-refractivity contribution in [1.29, 1.82) is 0 Å². The van der Waals surface area contributed by atoms with E-state index in [9.17, 15) is 4.79 Å². The van der Waals surface area contributed by atoms with Gasteiger partial charge in [0.25, 0.3) is 0 Å². The van der Waals surface area contributed by atoms with Gasteiger partial charge in [-0.1, -0.05) is 30.3 Å². The highest BCUT2D eigenvalue weighted by molar-refractivity contribution is 5.85. The number of nitrogens with two attached hydrogens (primary N) is 1. The van der Waals surface area contributed by atoms with Crippen LogP contribution in [0, 0.1) is 5.92 Å². The van der Waals surface area contributed by atoms with Crippen LogP contribution in [-0.2, 0) is 11.3 Å². The van der Waals surface area contributed by atoms with Crippen LogP contribution in [-0.4, -0.2) is 48.4 Å². The molecule has 0 saturated carbocycles. The number of nitrogens with zero attached hydrogens (tertiary/aromatic N) is 2. The number of carbonyl (C=O) groups is 1. The smallest absolute Gasteiger partial charge is 0.236 e. The Bertz CT molecular complexity index is 444. The van der Waals surface area contributed by atoms with Crippen molar-refractivity contribution in [1.82, 2.24) is 9.80 Å². The summed E-state index contributed by atoms with van der Waals surface area (Å²) in [6.45, 7) is 5.25. The van der Waals surface area contributed by atoms with Gasteiger partial charge in [-0.25, -0.2) is 0 Å². The number of hydrogen-bond acceptors (Lipinski definition) is 3. The van der Waals surface area contributed by atoms with Crippen LogP contribution < -0.4 is 5.73 Å². The second kappa shape index (κ2) is 9.13. The lowest BCUT2D eigenvalue weighted by Gasteiger charge is -2.34. The van der Waals surface area contributed by atoms with Crippen molar-refractivity contribution in [2.75, 3.05) is 26.7 Å². The van der Waals surface area contributed by atoms with Gasteiger partial charge in [0.05, 0.1) is 6.54 Å². The maximum atomic E-state index is 12.3. The van der Waals surface area contributed by atoms with E-state index in [1.807, 2.05) is 30.1 Å². The zero-order valence-electron chi connectivity index (χ0n) is 13.6. The molecule has 0 spiro atoms. The molecule has 1 aromatic carbocycles. The molecule has 2 rings (SSSR count). The molecule has 1 saturated heterocycles. The fraction of sp³-hybridized carbons (Fsp3) is 0.588. The largest absolute Gasteiger partial charge is 0.340 e. The quantitative estimate of drug-likeness (QED) is 0.902. The number of carbonyl (C=O) groups excluding carboxylic acids is 1. The molecular weight excluding hydrogens is 298 g/mol. The monoisotopic (exact) mass is 325 g/mol. The Hall–Kier alpha value is -1.10. The highest BCUT2D eigenvalue weighted by Gasteiger charge is 2.23. The molecule has 1 aliphatic rings. The van der Waals surface area contributed by atoms with Crippen molar-refractivity contribution in [3.63, 3.8) is 0 Å². The van der Waals surface area contributed by atoms with Gasteiger partial charge in [-0.3, -0.25) is 9.69 Å². The summed E-state index contributed by atoms with van der Waals surface area (Å²) in [5, 5.41) is 0. The van der Waals surface area contributed by atoms with Gasteiger partial charge >= 0.3 is 0 Å². The van der Waals surface area contributed by atoms with Gasteiger partial charge in [0.1, 0.15) is 0 Å². The Kier molecular flexibility index (Phi) is 7.87.